The maximum absolute atomic E-state index is 11.3. The van der Waals surface area contributed by atoms with Crippen molar-refractivity contribution in [1.82, 2.24) is 4.90 Å². The minimum atomic E-state index is 0.157. The van der Waals surface area contributed by atoms with E-state index in [2.05, 4.69) is 0 Å². The fourth-order valence-electron chi connectivity index (χ4n) is 1.36. The van der Waals surface area contributed by atoms with Gasteiger partial charge in [-0.15, -0.1) is 0 Å². The molecule has 1 saturated heterocycles. The fourth-order valence-corrected chi connectivity index (χ4v) is 1.36. The van der Waals surface area contributed by atoms with Gasteiger partial charge in [-0.1, -0.05) is 0 Å². The Morgan fingerprint density at radius 1 is 1.75 bits per heavy atom. The third kappa shape index (κ3) is 2.46. The van der Waals surface area contributed by atoms with Crippen LogP contribution in [-0.4, -0.2) is 43.7 Å². The number of hydrogen-bond acceptors (Lipinski definition) is 3. The highest BCUT2D eigenvalue weighted by Gasteiger charge is 2.22. The van der Waals surface area contributed by atoms with E-state index in [0.717, 1.165) is 13.0 Å². The van der Waals surface area contributed by atoms with Crippen molar-refractivity contribution in [2.45, 2.75) is 18.9 Å². The lowest BCUT2D eigenvalue weighted by Crippen LogP contribution is -2.32. The third-order valence-electron chi connectivity index (χ3n) is 2.10. The molecule has 1 amide bonds. The number of ether oxygens (including phenoxy) is 1. The zero-order valence-electron chi connectivity index (χ0n) is 7.45. The molecule has 0 spiro atoms. The molecule has 1 fully saturated rings. The zero-order chi connectivity index (χ0) is 8.97. The van der Waals surface area contributed by atoms with Gasteiger partial charge in [-0.3, -0.25) is 4.79 Å². The Balaban J connectivity index is 2.23. The molecule has 0 aromatic carbocycles. The number of carbonyl (C=O) groups is 1. The molecule has 1 aliphatic heterocycles. The van der Waals surface area contributed by atoms with Gasteiger partial charge in [0, 0.05) is 26.2 Å². The lowest BCUT2D eigenvalue weighted by Gasteiger charge is -2.14. The molecule has 4 heteroatoms. The molecule has 1 unspecified atom stereocenters. The summed E-state index contributed by atoms with van der Waals surface area (Å²) in [5.41, 5.74) is 5.67. The quantitative estimate of drug-likeness (QED) is 0.629. The van der Waals surface area contributed by atoms with E-state index >= 15 is 0 Å². The number of hydrogen-bond donors (Lipinski definition) is 1. The van der Waals surface area contributed by atoms with Gasteiger partial charge in [0.15, 0.2) is 0 Å². The lowest BCUT2D eigenvalue weighted by atomic mass is 10.3. The van der Waals surface area contributed by atoms with Crippen LogP contribution in [0.1, 0.15) is 12.8 Å². The van der Waals surface area contributed by atoms with E-state index in [4.69, 9.17) is 10.5 Å². The summed E-state index contributed by atoms with van der Waals surface area (Å²) in [4.78, 5) is 13.1. The van der Waals surface area contributed by atoms with E-state index in [-0.39, 0.29) is 11.9 Å². The van der Waals surface area contributed by atoms with E-state index in [0.29, 0.717) is 19.6 Å². The molecule has 1 atom stereocenters. The van der Waals surface area contributed by atoms with Crippen molar-refractivity contribution >= 4 is 5.91 Å². The SMILES string of the molecule is COCCC(=O)N1CCC(N)C1. The normalized spacial score (nSPS) is 23.2. The smallest absolute Gasteiger partial charge is 0.224 e. The molecule has 1 rings (SSSR count). The molecular formula is C8H16N2O2. The van der Waals surface area contributed by atoms with Crippen LogP contribution >= 0.6 is 0 Å². The maximum atomic E-state index is 11.3. The molecule has 0 radical (unpaired) electrons. The Morgan fingerprint density at radius 2 is 2.50 bits per heavy atom. The number of nitrogens with zero attached hydrogens (tertiary/aromatic N) is 1. The van der Waals surface area contributed by atoms with Gasteiger partial charge in [-0.2, -0.15) is 0 Å². The van der Waals surface area contributed by atoms with Crippen LogP contribution in [0.15, 0.2) is 0 Å². The number of carbonyl (C=O) groups excluding carboxylic acids is 1. The van der Waals surface area contributed by atoms with Crippen LogP contribution in [0.2, 0.25) is 0 Å². The van der Waals surface area contributed by atoms with Crippen molar-refractivity contribution in [3.05, 3.63) is 0 Å². The van der Waals surface area contributed by atoms with Crippen LogP contribution in [0, 0.1) is 0 Å². The molecule has 0 saturated carbocycles. The fraction of sp³-hybridized carbons (Fsp3) is 0.875. The van der Waals surface area contributed by atoms with Gasteiger partial charge < -0.3 is 15.4 Å². The Kier molecular flexibility index (Phi) is 3.49. The topological polar surface area (TPSA) is 55.6 Å². The lowest BCUT2D eigenvalue weighted by molar-refractivity contribution is -0.131. The Labute approximate surface area is 72.7 Å². The minimum Gasteiger partial charge on any atom is -0.384 e. The molecule has 70 valence electrons. The van der Waals surface area contributed by atoms with Crippen LogP contribution in [-0.2, 0) is 9.53 Å². The molecular weight excluding hydrogens is 156 g/mol. The summed E-state index contributed by atoms with van der Waals surface area (Å²) in [5.74, 6) is 0.157. The van der Waals surface area contributed by atoms with Gasteiger partial charge in [0.25, 0.3) is 0 Å². The molecule has 0 aliphatic carbocycles. The van der Waals surface area contributed by atoms with Crippen LogP contribution in [0.25, 0.3) is 0 Å². The van der Waals surface area contributed by atoms with Crippen molar-refractivity contribution in [1.29, 1.82) is 0 Å². The van der Waals surface area contributed by atoms with Crippen molar-refractivity contribution in [2.24, 2.45) is 5.73 Å². The highest BCUT2D eigenvalue weighted by Crippen LogP contribution is 2.08. The van der Waals surface area contributed by atoms with Gasteiger partial charge >= 0.3 is 0 Å². The predicted molar refractivity (Wildman–Crippen MR) is 45.7 cm³/mol. The molecule has 2 N–H and O–H groups in total. The first-order chi connectivity index (χ1) is 5.74. The monoisotopic (exact) mass is 172 g/mol. The van der Waals surface area contributed by atoms with E-state index in [9.17, 15) is 4.79 Å². The van der Waals surface area contributed by atoms with Crippen molar-refractivity contribution in [2.75, 3.05) is 26.8 Å². The van der Waals surface area contributed by atoms with Gasteiger partial charge in [0.2, 0.25) is 5.91 Å². The number of amides is 1. The Bertz CT molecular complexity index is 161. The summed E-state index contributed by atoms with van der Waals surface area (Å²) in [6.07, 6.45) is 1.40. The molecule has 12 heavy (non-hydrogen) atoms. The average molecular weight is 172 g/mol. The number of rotatable bonds is 3. The van der Waals surface area contributed by atoms with E-state index in [1.807, 2.05) is 4.90 Å². The molecule has 0 bridgehead atoms. The molecule has 0 aromatic heterocycles. The van der Waals surface area contributed by atoms with Crippen LogP contribution in [0.5, 0.6) is 0 Å². The highest BCUT2D eigenvalue weighted by molar-refractivity contribution is 5.76. The van der Waals surface area contributed by atoms with E-state index < -0.39 is 0 Å². The molecule has 0 aromatic rings. The van der Waals surface area contributed by atoms with Crippen LogP contribution in [0.3, 0.4) is 0 Å². The second kappa shape index (κ2) is 4.42. The summed E-state index contributed by atoms with van der Waals surface area (Å²) >= 11 is 0. The molecule has 1 aliphatic rings. The number of nitrogens with two attached hydrogens (primary N) is 1. The first kappa shape index (κ1) is 9.48. The third-order valence-corrected chi connectivity index (χ3v) is 2.10. The minimum absolute atomic E-state index is 0.157. The molecule has 4 nitrogen and oxygen atoms in total. The van der Waals surface area contributed by atoms with Crippen molar-refractivity contribution in [3.8, 4) is 0 Å². The van der Waals surface area contributed by atoms with Crippen molar-refractivity contribution < 1.29 is 9.53 Å². The maximum Gasteiger partial charge on any atom is 0.224 e. The van der Waals surface area contributed by atoms with Gasteiger partial charge in [-0.05, 0) is 6.42 Å². The van der Waals surface area contributed by atoms with E-state index in [1.54, 1.807) is 7.11 Å². The summed E-state index contributed by atoms with van der Waals surface area (Å²) in [6.45, 7) is 2.02. The second-order valence-electron chi connectivity index (χ2n) is 3.13. The summed E-state index contributed by atoms with van der Waals surface area (Å²) in [7, 11) is 1.60. The van der Waals surface area contributed by atoms with E-state index in [1.165, 1.54) is 0 Å². The highest BCUT2D eigenvalue weighted by atomic mass is 16.5. The van der Waals surface area contributed by atoms with Crippen LogP contribution in [0.4, 0.5) is 0 Å². The van der Waals surface area contributed by atoms with Gasteiger partial charge in [-0.25, -0.2) is 0 Å². The van der Waals surface area contributed by atoms with Gasteiger partial charge in [0.05, 0.1) is 13.0 Å². The van der Waals surface area contributed by atoms with Gasteiger partial charge in [0.1, 0.15) is 0 Å². The summed E-state index contributed by atoms with van der Waals surface area (Å²) in [6, 6.07) is 0.177. The predicted octanol–water partition coefficient (Wildman–Crippen LogP) is -0.417. The first-order valence-corrected chi connectivity index (χ1v) is 4.26. The zero-order valence-corrected chi connectivity index (χ0v) is 7.45. The average Bonchev–Trinajstić information content (AvgIpc) is 2.47. The molecule has 1 heterocycles. The Morgan fingerprint density at radius 3 is 3.00 bits per heavy atom. The van der Waals surface area contributed by atoms with Crippen molar-refractivity contribution in [3.63, 3.8) is 0 Å². The Hall–Kier alpha value is -0.610. The largest absolute Gasteiger partial charge is 0.384 e. The summed E-state index contributed by atoms with van der Waals surface area (Å²) < 4.78 is 4.82. The number of methoxy groups -OCH3 is 1. The number of likely N-dealkylation sites (tertiary alicyclic amines) is 1. The first-order valence-electron chi connectivity index (χ1n) is 4.26. The standard InChI is InChI=1S/C8H16N2O2/c1-12-5-3-8(11)10-4-2-7(9)6-10/h7H,2-6,9H2,1H3. The second-order valence-corrected chi connectivity index (χ2v) is 3.13. The summed E-state index contributed by atoms with van der Waals surface area (Å²) in [5, 5.41) is 0. The van der Waals surface area contributed by atoms with Crippen LogP contribution < -0.4 is 5.73 Å².